The zero-order valence-corrected chi connectivity index (χ0v) is 18.0. The largest absolute Gasteiger partial charge is 0.348 e. The van der Waals surface area contributed by atoms with Crippen molar-refractivity contribution >= 4 is 11.6 Å². The molecule has 0 aliphatic carbocycles. The first-order chi connectivity index (χ1) is 14.5. The average Bonchev–Trinajstić information content (AvgIpc) is 3.19. The van der Waals surface area contributed by atoms with Gasteiger partial charge in [-0.1, -0.05) is 19.9 Å². The highest BCUT2D eigenvalue weighted by molar-refractivity contribution is 5.98. The van der Waals surface area contributed by atoms with Gasteiger partial charge in [-0.2, -0.15) is 0 Å². The Hall–Kier alpha value is -2.80. The summed E-state index contributed by atoms with van der Waals surface area (Å²) in [5.41, 5.74) is 3.48. The van der Waals surface area contributed by atoms with E-state index in [1.165, 1.54) is 11.3 Å². The topological polar surface area (TPSA) is 75.4 Å². The van der Waals surface area contributed by atoms with Crippen LogP contribution >= 0.6 is 0 Å². The number of fused-ring (bicyclic) bond motifs is 1. The van der Waals surface area contributed by atoms with Crippen LogP contribution in [0.15, 0.2) is 43.1 Å². The molecule has 0 spiro atoms. The van der Waals surface area contributed by atoms with Crippen LogP contribution in [0.5, 0.6) is 0 Å². The zero-order chi connectivity index (χ0) is 21.1. The number of amides is 1. The van der Waals surface area contributed by atoms with Crippen LogP contribution in [-0.4, -0.2) is 49.3 Å². The van der Waals surface area contributed by atoms with Crippen molar-refractivity contribution in [3.63, 3.8) is 0 Å². The summed E-state index contributed by atoms with van der Waals surface area (Å²) < 4.78 is 2.00. The third-order valence-corrected chi connectivity index (χ3v) is 6.17. The molecule has 0 radical (unpaired) electrons. The monoisotopic (exact) mass is 406 g/mol. The summed E-state index contributed by atoms with van der Waals surface area (Å²) >= 11 is 0. The molecule has 1 N–H and O–H groups in total. The molecule has 1 fully saturated rings. The number of carbonyl (C=O) groups is 1. The number of piperidine rings is 1. The fourth-order valence-corrected chi connectivity index (χ4v) is 3.99. The number of imidazole rings is 1. The molecule has 3 aromatic rings. The molecule has 0 unspecified atom stereocenters. The van der Waals surface area contributed by atoms with Crippen molar-refractivity contribution in [2.45, 2.75) is 52.1 Å². The van der Waals surface area contributed by atoms with E-state index in [2.05, 4.69) is 51.1 Å². The maximum absolute atomic E-state index is 12.7. The van der Waals surface area contributed by atoms with Crippen LogP contribution < -0.4 is 5.32 Å². The molecule has 0 saturated carbocycles. The van der Waals surface area contributed by atoms with E-state index < -0.39 is 0 Å². The molecule has 0 bridgehead atoms. The van der Waals surface area contributed by atoms with Crippen molar-refractivity contribution in [2.75, 3.05) is 13.1 Å². The van der Waals surface area contributed by atoms with Gasteiger partial charge >= 0.3 is 0 Å². The van der Waals surface area contributed by atoms with Crippen molar-refractivity contribution in [2.24, 2.45) is 5.92 Å². The maximum atomic E-state index is 12.7. The molecular formula is C23H30N6O. The maximum Gasteiger partial charge on any atom is 0.274 e. The molecule has 1 aliphatic heterocycles. The van der Waals surface area contributed by atoms with Gasteiger partial charge in [0.15, 0.2) is 11.3 Å². The Morgan fingerprint density at radius 2 is 1.97 bits per heavy atom. The van der Waals surface area contributed by atoms with Crippen molar-refractivity contribution in [3.8, 4) is 0 Å². The number of nitrogens with one attached hydrogen (secondary N) is 1. The fourth-order valence-electron chi connectivity index (χ4n) is 3.99. The van der Waals surface area contributed by atoms with Crippen LogP contribution in [0.1, 0.15) is 61.3 Å². The predicted octanol–water partition coefficient (Wildman–Crippen LogP) is 3.28. The van der Waals surface area contributed by atoms with Gasteiger partial charge in [-0.15, -0.1) is 0 Å². The van der Waals surface area contributed by atoms with Gasteiger partial charge in [0.1, 0.15) is 6.33 Å². The first-order valence-corrected chi connectivity index (χ1v) is 10.8. The second-order valence-corrected chi connectivity index (χ2v) is 8.57. The smallest absolute Gasteiger partial charge is 0.274 e. The van der Waals surface area contributed by atoms with Gasteiger partial charge in [0, 0.05) is 42.8 Å². The Morgan fingerprint density at radius 3 is 2.67 bits per heavy atom. The predicted molar refractivity (Wildman–Crippen MR) is 116 cm³/mol. The lowest BCUT2D eigenvalue weighted by atomic mass is 9.93. The molecule has 0 aromatic carbocycles. The number of aromatic nitrogens is 4. The number of likely N-dealkylation sites (tertiary alicyclic amines) is 1. The van der Waals surface area contributed by atoms with E-state index in [-0.39, 0.29) is 11.9 Å². The Bertz CT molecular complexity index is 991. The number of rotatable bonds is 6. The lowest BCUT2D eigenvalue weighted by Crippen LogP contribution is -2.36. The molecule has 4 rings (SSSR count). The van der Waals surface area contributed by atoms with Gasteiger partial charge in [-0.3, -0.25) is 19.1 Å². The lowest BCUT2D eigenvalue weighted by molar-refractivity contribution is 0.0927. The molecule has 3 aromatic heterocycles. The van der Waals surface area contributed by atoms with Crippen LogP contribution in [0.25, 0.3) is 5.65 Å². The van der Waals surface area contributed by atoms with Crippen molar-refractivity contribution in [1.29, 1.82) is 0 Å². The summed E-state index contributed by atoms with van der Waals surface area (Å²) in [7, 11) is 0. The first-order valence-electron chi connectivity index (χ1n) is 10.8. The summed E-state index contributed by atoms with van der Waals surface area (Å²) in [5.74, 6) is 0.637. The quantitative estimate of drug-likeness (QED) is 0.680. The Morgan fingerprint density at radius 1 is 1.17 bits per heavy atom. The van der Waals surface area contributed by atoms with Crippen molar-refractivity contribution in [1.82, 2.24) is 29.6 Å². The third-order valence-electron chi connectivity index (χ3n) is 6.17. The molecule has 7 nitrogen and oxygen atoms in total. The van der Waals surface area contributed by atoms with Gasteiger partial charge in [-0.25, -0.2) is 9.97 Å². The van der Waals surface area contributed by atoms with Crippen molar-refractivity contribution in [3.05, 3.63) is 60.1 Å². The molecule has 1 atom stereocenters. The summed E-state index contributed by atoms with van der Waals surface area (Å²) in [6.45, 7) is 9.21. The highest BCUT2D eigenvalue weighted by atomic mass is 16.2. The molecule has 1 amide bonds. The summed E-state index contributed by atoms with van der Waals surface area (Å²) in [5, 5.41) is 3.04. The minimum Gasteiger partial charge on any atom is -0.348 e. The number of hydrogen-bond donors (Lipinski definition) is 1. The average molecular weight is 407 g/mol. The minimum atomic E-state index is -0.158. The first kappa shape index (κ1) is 20.5. The number of carbonyl (C=O) groups excluding carboxylic acids is 1. The van der Waals surface area contributed by atoms with Gasteiger partial charge in [0.25, 0.3) is 5.91 Å². The molecule has 7 heteroatoms. The van der Waals surface area contributed by atoms with Crippen LogP contribution in [0.2, 0.25) is 0 Å². The third kappa shape index (κ3) is 4.36. The summed E-state index contributed by atoms with van der Waals surface area (Å²) in [6.07, 6.45) is 9.45. The van der Waals surface area contributed by atoms with Gasteiger partial charge in [-0.05, 0) is 56.5 Å². The molecule has 30 heavy (non-hydrogen) atoms. The molecule has 158 valence electrons. The van der Waals surface area contributed by atoms with Crippen molar-refractivity contribution < 1.29 is 4.79 Å². The standard InChI is InChI=1S/C23H30N6O/c1-16(2)17(3)27-23(30)21-22-25-10-6-20(29(22)15-26-21)19-7-11-28(12-8-19)14-18-5-4-9-24-13-18/h4-6,9-10,13,15-17,19H,7-8,11-12,14H2,1-3H3,(H,27,30)/t17-/m1/s1. The Labute approximate surface area is 177 Å². The van der Waals surface area contributed by atoms with Crippen LogP contribution in [0.4, 0.5) is 0 Å². The van der Waals surface area contributed by atoms with Gasteiger partial charge < -0.3 is 5.32 Å². The minimum absolute atomic E-state index is 0.0848. The SMILES string of the molecule is CC(C)[C@@H](C)NC(=O)c1ncn2c(C3CCN(Cc4cccnc4)CC3)ccnc12. The number of hydrogen-bond acceptors (Lipinski definition) is 5. The fraction of sp³-hybridized carbons (Fsp3) is 0.478. The highest BCUT2D eigenvalue weighted by Crippen LogP contribution is 2.29. The normalized spacial score (nSPS) is 16.8. The lowest BCUT2D eigenvalue weighted by Gasteiger charge is -2.32. The second kappa shape index (κ2) is 8.92. The van der Waals surface area contributed by atoms with Crippen LogP contribution in [-0.2, 0) is 6.54 Å². The Kier molecular flexibility index (Phi) is 6.08. The van der Waals surface area contributed by atoms with E-state index in [1.807, 2.05) is 29.8 Å². The van der Waals surface area contributed by atoms with E-state index in [1.54, 1.807) is 12.5 Å². The van der Waals surface area contributed by atoms with Crippen LogP contribution in [0, 0.1) is 5.92 Å². The summed E-state index contributed by atoms with van der Waals surface area (Å²) in [6, 6.07) is 6.27. The number of nitrogens with zero attached hydrogens (tertiary/aromatic N) is 5. The Balaban J connectivity index is 1.46. The van der Waals surface area contributed by atoms with E-state index >= 15 is 0 Å². The molecule has 1 aliphatic rings. The van der Waals surface area contributed by atoms with E-state index in [9.17, 15) is 4.79 Å². The van der Waals surface area contributed by atoms with Crippen LogP contribution in [0.3, 0.4) is 0 Å². The highest BCUT2D eigenvalue weighted by Gasteiger charge is 2.25. The number of pyridine rings is 1. The van der Waals surface area contributed by atoms with E-state index in [4.69, 9.17) is 0 Å². The molecule has 1 saturated heterocycles. The van der Waals surface area contributed by atoms with E-state index in [0.717, 1.165) is 32.5 Å². The summed E-state index contributed by atoms with van der Waals surface area (Å²) in [4.78, 5) is 28.3. The van der Waals surface area contributed by atoms with Gasteiger partial charge in [0.2, 0.25) is 0 Å². The molecular weight excluding hydrogens is 376 g/mol. The second-order valence-electron chi connectivity index (χ2n) is 8.57. The molecule has 4 heterocycles. The van der Waals surface area contributed by atoms with Gasteiger partial charge in [0.05, 0.1) is 0 Å². The van der Waals surface area contributed by atoms with E-state index in [0.29, 0.717) is 23.2 Å². The zero-order valence-electron chi connectivity index (χ0n) is 18.0.